The van der Waals surface area contributed by atoms with Gasteiger partial charge < -0.3 is 10.2 Å². The normalized spacial score (nSPS) is 10.2. The molecule has 0 bridgehead atoms. The van der Waals surface area contributed by atoms with Crippen molar-refractivity contribution in [3.8, 4) is 0 Å². The van der Waals surface area contributed by atoms with Gasteiger partial charge in [-0.25, -0.2) is 0 Å². The summed E-state index contributed by atoms with van der Waals surface area (Å²) in [6.07, 6.45) is 1.16. The molecular weight excluding hydrogens is 284 g/mol. The van der Waals surface area contributed by atoms with Crippen LogP contribution in [0, 0.1) is 0 Å². The van der Waals surface area contributed by atoms with Crippen molar-refractivity contribution in [1.82, 2.24) is 4.90 Å². The zero-order valence-electron chi connectivity index (χ0n) is 12.1. The van der Waals surface area contributed by atoms with E-state index < -0.39 is 0 Å². The van der Waals surface area contributed by atoms with Crippen LogP contribution in [-0.2, 0) is 11.2 Å². The minimum Gasteiger partial charge on any atom is -0.345 e. The van der Waals surface area contributed by atoms with Gasteiger partial charge in [-0.15, -0.1) is 0 Å². The molecule has 21 heavy (non-hydrogen) atoms. The van der Waals surface area contributed by atoms with Crippen LogP contribution in [0.1, 0.15) is 22.3 Å². The number of carbonyl (C=O) groups excluding carboxylic acids is 2. The highest BCUT2D eigenvalue weighted by molar-refractivity contribution is 7.07. The number of hydrogen-bond acceptors (Lipinski definition) is 3. The average Bonchev–Trinajstić information content (AvgIpc) is 2.98. The molecule has 1 aromatic heterocycles. The van der Waals surface area contributed by atoms with Crippen molar-refractivity contribution in [3.63, 3.8) is 0 Å². The third-order valence-corrected chi connectivity index (χ3v) is 3.75. The molecule has 5 heteroatoms. The molecule has 0 saturated carbocycles. The van der Waals surface area contributed by atoms with Crippen LogP contribution in [0.25, 0.3) is 0 Å². The van der Waals surface area contributed by atoms with Crippen molar-refractivity contribution >= 4 is 28.8 Å². The molecule has 0 aliphatic heterocycles. The first-order valence-corrected chi connectivity index (χ1v) is 7.63. The second-order valence-electron chi connectivity index (χ2n) is 4.96. The van der Waals surface area contributed by atoms with E-state index >= 15 is 0 Å². The number of benzene rings is 1. The van der Waals surface area contributed by atoms with Gasteiger partial charge in [0.2, 0.25) is 5.91 Å². The van der Waals surface area contributed by atoms with Crippen molar-refractivity contribution in [2.75, 3.05) is 19.4 Å². The first kappa shape index (κ1) is 15.3. The number of carbonyl (C=O) groups is 2. The molecule has 0 radical (unpaired) electrons. The van der Waals surface area contributed by atoms with E-state index in [1.165, 1.54) is 10.5 Å². The molecule has 0 spiro atoms. The lowest BCUT2D eigenvalue weighted by atomic mass is 10.1. The molecule has 4 nitrogen and oxygen atoms in total. The number of hydrogen-bond donors (Lipinski definition) is 1. The predicted molar refractivity (Wildman–Crippen MR) is 85.7 cm³/mol. The molecule has 0 unspecified atom stereocenters. The van der Waals surface area contributed by atoms with E-state index in [9.17, 15) is 9.59 Å². The van der Waals surface area contributed by atoms with Gasteiger partial charge >= 0.3 is 0 Å². The summed E-state index contributed by atoms with van der Waals surface area (Å²) in [4.78, 5) is 25.3. The maximum Gasteiger partial charge on any atom is 0.253 e. The van der Waals surface area contributed by atoms with Gasteiger partial charge in [0.1, 0.15) is 0 Å². The minimum atomic E-state index is -0.0793. The number of anilines is 1. The lowest BCUT2D eigenvalue weighted by Crippen LogP contribution is -2.22. The smallest absolute Gasteiger partial charge is 0.253 e. The van der Waals surface area contributed by atoms with Crippen LogP contribution in [0.2, 0.25) is 0 Å². The Hall–Kier alpha value is -2.14. The Bertz CT molecular complexity index is 621. The number of nitrogens with one attached hydrogen (secondary N) is 1. The van der Waals surface area contributed by atoms with E-state index in [2.05, 4.69) is 5.32 Å². The third-order valence-electron chi connectivity index (χ3n) is 3.02. The summed E-state index contributed by atoms with van der Waals surface area (Å²) < 4.78 is 0. The molecule has 0 aliphatic carbocycles. The molecule has 110 valence electrons. The zero-order valence-corrected chi connectivity index (χ0v) is 12.9. The van der Waals surface area contributed by atoms with Gasteiger partial charge in [0.25, 0.3) is 5.91 Å². The number of amides is 2. The molecule has 0 atom stereocenters. The Balaban J connectivity index is 1.94. The summed E-state index contributed by atoms with van der Waals surface area (Å²) in [5.74, 6) is -0.125. The van der Waals surface area contributed by atoms with Crippen LogP contribution in [0.5, 0.6) is 0 Å². The second-order valence-corrected chi connectivity index (χ2v) is 5.74. The van der Waals surface area contributed by atoms with Crippen molar-refractivity contribution in [2.45, 2.75) is 12.8 Å². The van der Waals surface area contributed by atoms with Crippen molar-refractivity contribution in [2.24, 2.45) is 0 Å². The largest absolute Gasteiger partial charge is 0.345 e. The topological polar surface area (TPSA) is 49.4 Å². The molecule has 0 saturated heterocycles. The minimum absolute atomic E-state index is 0.0457. The second kappa shape index (κ2) is 7.04. The van der Waals surface area contributed by atoms with Crippen LogP contribution in [-0.4, -0.2) is 30.8 Å². The van der Waals surface area contributed by atoms with E-state index in [0.717, 1.165) is 6.42 Å². The molecule has 0 aliphatic rings. The Labute approximate surface area is 128 Å². The molecule has 2 aromatic rings. The van der Waals surface area contributed by atoms with Crippen molar-refractivity contribution in [1.29, 1.82) is 0 Å². The number of aryl methyl sites for hydroxylation is 1. The summed E-state index contributed by atoms with van der Waals surface area (Å²) in [7, 11) is 3.41. The van der Waals surface area contributed by atoms with Crippen LogP contribution in [0.4, 0.5) is 5.69 Å². The van der Waals surface area contributed by atoms with E-state index in [-0.39, 0.29) is 11.8 Å². The molecular formula is C16H18N2O2S. The molecule has 1 heterocycles. The Kier molecular flexibility index (Phi) is 5.11. The number of rotatable bonds is 5. The van der Waals surface area contributed by atoms with Gasteiger partial charge in [-0.2, -0.15) is 11.3 Å². The lowest BCUT2D eigenvalue weighted by molar-refractivity contribution is -0.116. The van der Waals surface area contributed by atoms with Crippen LogP contribution < -0.4 is 5.32 Å². The van der Waals surface area contributed by atoms with Crippen LogP contribution in [0.3, 0.4) is 0 Å². The lowest BCUT2D eigenvalue weighted by Gasteiger charge is -2.11. The maximum absolute atomic E-state index is 11.9. The van der Waals surface area contributed by atoms with Gasteiger partial charge in [0.05, 0.1) is 0 Å². The molecule has 2 amide bonds. The highest BCUT2D eigenvalue weighted by Gasteiger charge is 2.09. The van der Waals surface area contributed by atoms with E-state index in [1.807, 2.05) is 16.8 Å². The Morgan fingerprint density at radius 3 is 2.71 bits per heavy atom. The highest BCUT2D eigenvalue weighted by atomic mass is 32.1. The van der Waals surface area contributed by atoms with Gasteiger partial charge in [0, 0.05) is 31.8 Å². The molecule has 0 fully saturated rings. The van der Waals surface area contributed by atoms with Gasteiger partial charge in [0.15, 0.2) is 0 Å². The summed E-state index contributed by atoms with van der Waals surface area (Å²) in [5.41, 5.74) is 2.39. The average molecular weight is 302 g/mol. The van der Waals surface area contributed by atoms with Gasteiger partial charge in [-0.3, -0.25) is 9.59 Å². The first-order chi connectivity index (χ1) is 10.1. The van der Waals surface area contributed by atoms with Crippen LogP contribution >= 0.6 is 11.3 Å². The fraction of sp³-hybridized carbons (Fsp3) is 0.250. The SMILES string of the molecule is CN(C)C(=O)c1cccc(NC(=O)CCc2ccsc2)c1. The molecule has 1 aromatic carbocycles. The summed E-state index contributed by atoms with van der Waals surface area (Å²) in [6, 6.07) is 9.02. The zero-order chi connectivity index (χ0) is 15.2. The van der Waals surface area contributed by atoms with Crippen LogP contribution in [0.15, 0.2) is 41.1 Å². The predicted octanol–water partition coefficient (Wildman–Crippen LogP) is 3.02. The summed E-state index contributed by atoms with van der Waals surface area (Å²) in [6.45, 7) is 0. The van der Waals surface area contributed by atoms with E-state index in [4.69, 9.17) is 0 Å². The standard InChI is InChI=1S/C16H18N2O2S/c1-18(2)16(20)13-4-3-5-14(10-13)17-15(19)7-6-12-8-9-21-11-12/h3-5,8-11H,6-7H2,1-2H3,(H,17,19). The van der Waals surface area contributed by atoms with Gasteiger partial charge in [-0.1, -0.05) is 6.07 Å². The molecule has 1 N–H and O–H groups in total. The van der Waals surface area contributed by atoms with E-state index in [1.54, 1.807) is 49.7 Å². The fourth-order valence-corrected chi connectivity index (χ4v) is 2.61. The summed E-state index contributed by atoms with van der Waals surface area (Å²) in [5, 5.41) is 6.88. The number of thiophene rings is 1. The van der Waals surface area contributed by atoms with Crippen molar-refractivity contribution < 1.29 is 9.59 Å². The maximum atomic E-state index is 11.9. The molecule has 2 rings (SSSR count). The first-order valence-electron chi connectivity index (χ1n) is 6.69. The quantitative estimate of drug-likeness (QED) is 0.923. The van der Waals surface area contributed by atoms with Gasteiger partial charge in [-0.05, 0) is 47.0 Å². The Morgan fingerprint density at radius 2 is 2.05 bits per heavy atom. The van der Waals surface area contributed by atoms with E-state index in [0.29, 0.717) is 17.7 Å². The third kappa shape index (κ3) is 4.43. The number of nitrogens with zero attached hydrogens (tertiary/aromatic N) is 1. The fourth-order valence-electron chi connectivity index (χ4n) is 1.90. The highest BCUT2D eigenvalue weighted by Crippen LogP contribution is 2.13. The monoisotopic (exact) mass is 302 g/mol. The Morgan fingerprint density at radius 1 is 1.24 bits per heavy atom. The summed E-state index contributed by atoms with van der Waals surface area (Å²) >= 11 is 1.63. The van der Waals surface area contributed by atoms with Crippen molar-refractivity contribution in [3.05, 3.63) is 52.2 Å².